The Labute approximate surface area is 93.5 Å². The van der Waals surface area contributed by atoms with Gasteiger partial charge >= 0.3 is 0 Å². The van der Waals surface area contributed by atoms with E-state index >= 15 is 0 Å². The number of ether oxygens (including phenoxy) is 1. The first-order valence-electron chi connectivity index (χ1n) is 5.86. The van der Waals surface area contributed by atoms with Gasteiger partial charge in [-0.1, -0.05) is 37.3 Å². The SMILES string of the molecule is CCO[CH]CCC(CC)c1ccccc1. The minimum Gasteiger partial charge on any atom is -0.376 e. The maximum absolute atomic E-state index is 5.24. The fourth-order valence-electron chi connectivity index (χ4n) is 1.80. The molecule has 0 saturated carbocycles. The zero-order valence-corrected chi connectivity index (χ0v) is 9.78. The highest BCUT2D eigenvalue weighted by Crippen LogP contribution is 2.24. The third-order valence-corrected chi connectivity index (χ3v) is 2.68. The van der Waals surface area contributed by atoms with Crippen molar-refractivity contribution in [2.75, 3.05) is 6.61 Å². The topological polar surface area (TPSA) is 9.23 Å². The lowest BCUT2D eigenvalue weighted by Gasteiger charge is -2.14. The average Bonchev–Trinajstić information content (AvgIpc) is 2.30. The van der Waals surface area contributed by atoms with Crippen molar-refractivity contribution < 1.29 is 4.74 Å². The lowest BCUT2D eigenvalue weighted by Crippen LogP contribution is -1.98. The summed E-state index contributed by atoms with van der Waals surface area (Å²) < 4.78 is 5.24. The molecule has 0 heterocycles. The molecule has 0 amide bonds. The van der Waals surface area contributed by atoms with Crippen LogP contribution in [0.25, 0.3) is 0 Å². The molecule has 0 fully saturated rings. The highest BCUT2D eigenvalue weighted by atomic mass is 16.5. The Bertz CT molecular complexity index is 243. The standard InChI is InChI=1S/C14H21O/c1-3-13(11-8-12-15-4-2)14-9-6-5-7-10-14/h5-7,9-10,12-13H,3-4,8,11H2,1-2H3. The number of hydrogen-bond acceptors (Lipinski definition) is 1. The van der Waals surface area contributed by atoms with E-state index in [2.05, 4.69) is 37.3 Å². The van der Waals surface area contributed by atoms with Crippen molar-refractivity contribution in [3.8, 4) is 0 Å². The molecule has 1 aromatic rings. The molecule has 0 N–H and O–H groups in total. The van der Waals surface area contributed by atoms with Crippen molar-refractivity contribution in [1.82, 2.24) is 0 Å². The Morgan fingerprint density at radius 3 is 2.53 bits per heavy atom. The molecule has 1 atom stereocenters. The quantitative estimate of drug-likeness (QED) is 0.607. The number of rotatable bonds is 7. The molecule has 1 rings (SSSR count). The van der Waals surface area contributed by atoms with Crippen molar-refractivity contribution in [1.29, 1.82) is 0 Å². The summed E-state index contributed by atoms with van der Waals surface area (Å²) in [6.45, 7) is 6.98. The average molecular weight is 205 g/mol. The summed E-state index contributed by atoms with van der Waals surface area (Å²) in [5.74, 6) is 0.669. The molecule has 1 heteroatoms. The summed E-state index contributed by atoms with van der Waals surface area (Å²) in [6.07, 6.45) is 3.42. The molecule has 1 unspecified atom stereocenters. The van der Waals surface area contributed by atoms with Crippen LogP contribution >= 0.6 is 0 Å². The Morgan fingerprint density at radius 2 is 1.93 bits per heavy atom. The maximum Gasteiger partial charge on any atom is 0.0836 e. The third kappa shape index (κ3) is 4.48. The summed E-state index contributed by atoms with van der Waals surface area (Å²) in [6, 6.07) is 10.7. The fourth-order valence-corrected chi connectivity index (χ4v) is 1.80. The second kappa shape index (κ2) is 7.47. The highest BCUT2D eigenvalue weighted by Gasteiger charge is 2.07. The molecule has 0 aliphatic rings. The minimum absolute atomic E-state index is 0.669. The molecule has 0 aliphatic carbocycles. The van der Waals surface area contributed by atoms with Crippen molar-refractivity contribution in [2.45, 2.75) is 39.0 Å². The van der Waals surface area contributed by atoms with Gasteiger partial charge < -0.3 is 4.74 Å². The van der Waals surface area contributed by atoms with E-state index in [0.717, 1.165) is 13.0 Å². The number of hydrogen-bond donors (Lipinski definition) is 0. The van der Waals surface area contributed by atoms with E-state index in [1.165, 1.54) is 18.4 Å². The first-order chi connectivity index (χ1) is 7.38. The Morgan fingerprint density at radius 1 is 1.20 bits per heavy atom. The van der Waals surface area contributed by atoms with E-state index in [0.29, 0.717) is 5.92 Å². The zero-order valence-electron chi connectivity index (χ0n) is 9.78. The van der Waals surface area contributed by atoms with Crippen molar-refractivity contribution in [3.05, 3.63) is 42.5 Å². The second-order valence-corrected chi connectivity index (χ2v) is 3.72. The van der Waals surface area contributed by atoms with Crippen LogP contribution in [0.5, 0.6) is 0 Å². The zero-order chi connectivity index (χ0) is 10.9. The first-order valence-corrected chi connectivity index (χ1v) is 5.86. The predicted molar refractivity (Wildman–Crippen MR) is 64.6 cm³/mol. The Kier molecular flexibility index (Phi) is 6.10. The molecule has 1 aromatic carbocycles. The number of benzene rings is 1. The molecule has 83 valence electrons. The Hall–Kier alpha value is -0.820. The van der Waals surface area contributed by atoms with Crippen LogP contribution in [-0.4, -0.2) is 6.61 Å². The highest BCUT2D eigenvalue weighted by molar-refractivity contribution is 5.19. The van der Waals surface area contributed by atoms with E-state index in [4.69, 9.17) is 4.74 Å². The molecule has 15 heavy (non-hydrogen) atoms. The summed E-state index contributed by atoms with van der Waals surface area (Å²) in [7, 11) is 0. The van der Waals surface area contributed by atoms with Gasteiger partial charge in [0.25, 0.3) is 0 Å². The van der Waals surface area contributed by atoms with Gasteiger partial charge in [-0.05, 0) is 37.7 Å². The van der Waals surface area contributed by atoms with Crippen molar-refractivity contribution >= 4 is 0 Å². The lowest BCUT2D eigenvalue weighted by atomic mass is 9.92. The second-order valence-electron chi connectivity index (χ2n) is 3.72. The van der Waals surface area contributed by atoms with Crippen LogP contribution in [0.15, 0.2) is 30.3 Å². The minimum atomic E-state index is 0.669. The molecule has 0 saturated heterocycles. The van der Waals surface area contributed by atoms with Crippen LogP contribution in [0.1, 0.15) is 44.6 Å². The van der Waals surface area contributed by atoms with Gasteiger partial charge in [-0.3, -0.25) is 0 Å². The molecule has 1 radical (unpaired) electrons. The summed E-state index contributed by atoms with van der Waals surface area (Å²) in [4.78, 5) is 0. The smallest absolute Gasteiger partial charge is 0.0836 e. The van der Waals surface area contributed by atoms with Gasteiger partial charge in [0.1, 0.15) is 0 Å². The molecule has 0 aromatic heterocycles. The van der Waals surface area contributed by atoms with Gasteiger partial charge in [-0.15, -0.1) is 0 Å². The maximum atomic E-state index is 5.24. The van der Waals surface area contributed by atoms with Gasteiger partial charge in [-0.25, -0.2) is 0 Å². The van der Waals surface area contributed by atoms with Crippen LogP contribution in [0.4, 0.5) is 0 Å². The monoisotopic (exact) mass is 205 g/mol. The van der Waals surface area contributed by atoms with E-state index in [1.54, 1.807) is 0 Å². The largest absolute Gasteiger partial charge is 0.376 e. The van der Waals surface area contributed by atoms with Crippen LogP contribution in [0, 0.1) is 6.61 Å². The van der Waals surface area contributed by atoms with Gasteiger partial charge in [0.15, 0.2) is 0 Å². The van der Waals surface area contributed by atoms with Crippen molar-refractivity contribution in [3.63, 3.8) is 0 Å². The van der Waals surface area contributed by atoms with E-state index in [-0.39, 0.29) is 0 Å². The lowest BCUT2D eigenvalue weighted by molar-refractivity contribution is 0.204. The molecule has 0 aliphatic heterocycles. The molecular weight excluding hydrogens is 184 g/mol. The normalized spacial score (nSPS) is 12.7. The molecular formula is C14H21O. The van der Waals surface area contributed by atoms with E-state index in [1.807, 2.05) is 13.5 Å². The summed E-state index contributed by atoms with van der Waals surface area (Å²) >= 11 is 0. The van der Waals surface area contributed by atoms with Gasteiger partial charge in [0.05, 0.1) is 6.61 Å². The molecule has 0 spiro atoms. The van der Waals surface area contributed by atoms with E-state index < -0.39 is 0 Å². The van der Waals surface area contributed by atoms with Crippen LogP contribution in [0.3, 0.4) is 0 Å². The van der Waals surface area contributed by atoms with Crippen LogP contribution in [-0.2, 0) is 4.74 Å². The summed E-state index contributed by atoms with van der Waals surface area (Å²) in [5, 5.41) is 0. The molecule has 1 nitrogen and oxygen atoms in total. The van der Waals surface area contributed by atoms with Gasteiger partial charge in [0.2, 0.25) is 0 Å². The van der Waals surface area contributed by atoms with Crippen molar-refractivity contribution in [2.24, 2.45) is 0 Å². The third-order valence-electron chi connectivity index (χ3n) is 2.68. The van der Waals surface area contributed by atoms with Crippen LogP contribution in [0.2, 0.25) is 0 Å². The Balaban J connectivity index is 2.36. The fraction of sp³-hybridized carbons (Fsp3) is 0.500. The van der Waals surface area contributed by atoms with Gasteiger partial charge in [-0.2, -0.15) is 0 Å². The predicted octanol–water partition coefficient (Wildman–Crippen LogP) is 4.16. The van der Waals surface area contributed by atoms with E-state index in [9.17, 15) is 0 Å². The molecule has 0 bridgehead atoms. The van der Waals surface area contributed by atoms with Gasteiger partial charge in [0, 0.05) is 6.61 Å². The first kappa shape index (κ1) is 12.3. The summed E-state index contributed by atoms with van der Waals surface area (Å²) in [5.41, 5.74) is 1.45. The van der Waals surface area contributed by atoms with Crippen LogP contribution < -0.4 is 0 Å².